The zero-order chi connectivity index (χ0) is 29.1. The van der Waals surface area contributed by atoms with Gasteiger partial charge in [-0.1, -0.05) is 55.4 Å². The Kier molecular flexibility index (Phi) is 10.1. The molecular weight excluding hydrogens is 524 g/mol. The van der Waals surface area contributed by atoms with Gasteiger partial charge >= 0.3 is 0 Å². The van der Waals surface area contributed by atoms with Crippen LogP contribution in [-0.2, 0) is 15.6 Å². The summed E-state index contributed by atoms with van der Waals surface area (Å²) < 4.78 is 0. The number of benzene rings is 2. The molecule has 3 rings (SSSR count). The van der Waals surface area contributed by atoms with E-state index < -0.39 is 0 Å². The monoisotopic (exact) mass is 570 g/mol. The number of hydrogen-bond donors (Lipinski definition) is 1. The highest BCUT2D eigenvalue weighted by Gasteiger charge is 2.28. The number of carbonyl (C=O) groups is 2. The van der Waals surface area contributed by atoms with Crippen LogP contribution in [0.3, 0.4) is 0 Å². The first kappa shape index (κ1) is 31.4. The molecule has 0 bridgehead atoms. The Morgan fingerprint density at radius 2 is 1.38 bits per heavy atom. The number of piperazine rings is 1. The predicted octanol–water partition coefficient (Wildman–Crippen LogP) is 7.14. The lowest BCUT2D eigenvalue weighted by atomic mass is 9.79. The molecule has 39 heavy (non-hydrogen) atoms. The van der Waals surface area contributed by atoms with Crippen LogP contribution in [0.15, 0.2) is 41.3 Å². The van der Waals surface area contributed by atoms with Crippen LogP contribution in [-0.4, -0.2) is 64.1 Å². The van der Waals surface area contributed by atoms with Gasteiger partial charge in [0, 0.05) is 64.0 Å². The topological polar surface area (TPSA) is 60.9 Å². The molecule has 0 unspecified atom stereocenters. The number of hydrogen-bond acceptors (Lipinski definition) is 6. The zero-order valence-corrected chi connectivity index (χ0v) is 26.8. The second-order valence-electron chi connectivity index (χ2n) is 12.7. The number of aromatic hydroxyl groups is 1. The van der Waals surface area contributed by atoms with Crippen molar-refractivity contribution >= 4 is 40.9 Å². The van der Waals surface area contributed by atoms with Crippen LogP contribution in [0.5, 0.6) is 5.75 Å². The van der Waals surface area contributed by atoms with E-state index >= 15 is 0 Å². The summed E-state index contributed by atoms with van der Waals surface area (Å²) in [7, 11) is 0. The summed E-state index contributed by atoms with van der Waals surface area (Å²) in [5, 5.41) is 11.6. The van der Waals surface area contributed by atoms with Gasteiger partial charge in [0.25, 0.3) is 0 Å². The first-order chi connectivity index (χ1) is 18.1. The highest BCUT2D eigenvalue weighted by molar-refractivity contribution is 8.04. The largest absolute Gasteiger partial charge is 0.507 e. The van der Waals surface area contributed by atoms with Crippen LogP contribution in [0.4, 0.5) is 5.69 Å². The van der Waals surface area contributed by atoms with E-state index in [1.807, 2.05) is 40.9 Å². The number of nitrogens with zero attached hydrogens (tertiary/aromatic N) is 2. The van der Waals surface area contributed by atoms with Crippen molar-refractivity contribution in [2.45, 2.75) is 88.5 Å². The Balaban J connectivity index is 1.55. The Morgan fingerprint density at radius 1 is 0.872 bits per heavy atom. The lowest BCUT2D eigenvalue weighted by molar-refractivity contribution is -0.128. The Bertz CT molecular complexity index is 1120. The van der Waals surface area contributed by atoms with Crippen LogP contribution in [0, 0.1) is 0 Å². The molecule has 2 aromatic carbocycles. The summed E-state index contributed by atoms with van der Waals surface area (Å²) in [6, 6.07) is 12.0. The molecular formula is C32H46N2O3S2. The van der Waals surface area contributed by atoms with Crippen molar-refractivity contribution in [1.29, 1.82) is 0 Å². The number of phenols is 1. The van der Waals surface area contributed by atoms with Crippen molar-refractivity contribution in [2.24, 2.45) is 0 Å². The lowest BCUT2D eigenvalue weighted by Crippen LogP contribution is -2.49. The van der Waals surface area contributed by atoms with Crippen LogP contribution in [0.1, 0.15) is 83.8 Å². The standard InChI is InChI=1S/C32H46N2O3S2/c1-21(35)24-10-12-25(13-11-24)33-14-16-34(17-15-33)29(36)20-38-22(2)23(3)39-26-18-27(31(4,5)6)30(37)28(19-26)32(7,8)9/h10-13,18-19,22-23,37H,14-17,20H2,1-9H3/t22-,23+/m1/s1. The second-order valence-corrected chi connectivity index (χ2v) is 15.5. The minimum absolute atomic E-state index is 0.0730. The number of thioether (sulfide) groups is 2. The molecule has 0 spiro atoms. The minimum atomic E-state index is -0.154. The van der Waals surface area contributed by atoms with Crippen LogP contribution in [0.2, 0.25) is 0 Å². The fraction of sp³-hybridized carbons (Fsp3) is 0.562. The van der Waals surface area contributed by atoms with Gasteiger partial charge in [0.15, 0.2) is 5.78 Å². The average molecular weight is 571 g/mol. The van der Waals surface area contributed by atoms with E-state index in [1.165, 1.54) is 4.90 Å². The molecule has 1 aliphatic heterocycles. The molecule has 2 atom stereocenters. The minimum Gasteiger partial charge on any atom is -0.507 e. The summed E-state index contributed by atoms with van der Waals surface area (Å²) in [5.74, 6) is 1.16. The van der Waals surface area contributed by atoms with E-state index in [2.05, 4.69) is 72.4 Å². The molecule has 1 amide bonds. The molecule has 1 N–H and O–H groups in total. The van der Waals surface area contributed by atoms with Crippen molar-refractivity contribution in [3.05, 3.63) is 53.1 Å². The highest BCUT2D eigenvalue weighted by atomic mass is 32.2. The first-order valence-corrected chi connectivity index (χ1v) is 15.8. The van der Waals surface area contributed by atoms with Crippen LogP contribution in [0.25, 0.3) is 0 Å². The molecule has 7 heteroatoms. The van der Waals surface area contributed by atoms with Crippen LogP contribution >= 0.6 is 23.5 Å². The Labute approximate surface area is 244 Å². The van der Waals surface area contributed by atoms with Gasteiger partial charge in [-0.2, -0.15) is 0 Å². The van der Waals surface area contributed by atoms with Crippen LogP contribution < -0.4 is 4.90 Å². The lowest BCUT2D eigenvalue weighted by Gasteiger charge is -2.36. The van der Waals surface area contributed by atoms with Crippen molar-refractivity contribution in [3.63, 3.8) is 0 Å². The van der Waals surface area contributed by atoms with E-state index in [0.29, 0.717) is 35.1 Å². The number of rotatable bonds is 8. The molecule has 2 aromatic rings. The number of ketones is 1. The third-order valence-electron chi connectivity index (χ3n) is 7.42. The van der Waals surface area contributed by atoms with E-state index in [1.54, 1.807) is 18.7 Å². The molecule has 1 aliphatic rings. The maximum absolute atomic E-state index is 13.0. The quantitative estimate of drug-likeness (QED) is 0.269. The summed E-state index contributed by atoms with van der Waals surface area (Å²) >= 11 is 3.55. The Hall–Kier alpha value is -2.12. The summed E-state index contributed by atoms with van der Waals surface area (Å²) in [6.07, 6.45) is 0. The van der Waals surface area contributed by atoms with Gasteiger partial charge < -0.3 is 14.9 Å². The Morgan fingerprint density at radius 3 is 1.85 bits per heavy atom. The molecule has 0 radical (unpaired) electrons. The summed E-state index contributed by atoms with van der Waals surface area (Å²) in [4.78, 5) is 30.0. The van der Waals surface area contributed by atoms with Gasteiger partial charge in [0.2, 0.25) is 5.91 Å². The third-order valence-corrected chi connectivity index (χ3v) is 10.2. The SMILES string of the molecule is CC(=O)c1ccc(N2CCN(C(=O)CS[C@H](C)[C@H](C)Sc3cc(C(C)(C)C)c(O)c(C(C)(C)C)c3)CC2)cc1. The van der Waals surface area contributed by atoms with Crippen molar-refractivity contribution in [2.75, 3.05) is 36.8 Å². The fourth-order valence-corrected chi connectivity index (χ4v) is 6.93. The van der Waals surface area contributed by atoms with Gasteiger partial charge in [0.1, 0.15) is 5.75 Å². The number of phenolic OH excluding ortho intramolecular Hbond substituents is 1. The predicted molar refractivity (Wildman–Crippen MR) is 168 cm³/mol. The molecule has 0 aliphatic carbocycles. The summed E-state index contributed by atoms with van der Waals surface area (Å²) in [5.41, 5.74) is 3.47. The van der Waals surface area contributed by atoms with Gasteiger partial charge in [-0.25, -0.2) is 0 Å². The summed E-state index contributed by atoms with van der Waals surface area (Å²) in [6.45, 7) is 21.9. The molecule has 0 saturated carbocycles. The highest BCUT2D eigenvalue weighted by Crippen LogP contribution is 2.43. The van der Waals surface area contributed by atoms with Crippen molar-refractivity contribution < 1.29 is 14.7 Å². The van der Waals surface area contributed by atoms with Gasteiger partial charge in [0.05, 0.1) is 5.75 Å². The maximum atomic E-state index is 13.0. The van der Waals surface area contributed by atoms with Gasteiger partial charge in [-0.05, 0) is 54.2 Å². The number of carbonyl (C=O) groups excluding carboxylic acids is 2. The zero-order valence-electron chi connectivity index (χ0n) is 25.1. The molecule has 0 aromatic heterocycles. The molecule has 1 saturated heterocycles. The van der Waals surface area contributed by atoms with E-state index in [4.69, 9.17) is 0 Å². The molecule has 1 heterocycles. The van der Waals surface area contributed by atoms with Crippen molar-refractivity contribution in [1.82, 2.24) is 4.90 Å². The number of Topliss-reactive ketones (excluding diaryl/α,β-unsaturated/α-hetero) is 1. The smallest absolute Gasteiger partial charge is 0.232 e. The molecule has 214 valence electrons. The van der Waals surface area contributed by atoms with E-state index in [0.717, 1.165) is 35.5 Å². The van der Waals surface area contributed by atoms with Gasteiger partial charge in [-0.3, -0.25) is 9.59 Å². The van der Waals surface area contributed by atoms with E-state index in [9.17, 15) is 14.7 Å². The van der Waals surface area contributed by atoms with Gasteiger partial charge in [-0.15, -0.1) is 23.5 Å². The average Bonchev–Trinajstić information content (AvgIpc) is 2.86. The number of anilines is 1. The third kappa shape index (κ3) is 8.20. The normalized spacial score (nSPS) is 16.2. The van der Waals surface area contributed by atoms with E-state index in [-0.39, 0.29) is 22.5 Å². The fourth-order valence-electron chi connectivity index (χ4n) is 4.68. The molecule has 5 nitrogen and oxygen atoms in total. The van der Waals surface area contributed by atoms with Crippen molar-refractivity contribution in [3.8, 4) is 5.75 Å². The first-order valence-electron chi connectivity index (χ1n) is 13.9. The number of amides is 1. The molecule has 1 fully saturated rings. The maximum Gasteiger partial charge on any atom is 0.232 e. The second kappa shape index (κ2) is 12.6.